The van der Waals surface area contributed by atoms with Crippen molar-refractivity contribution in [3.05, 3.63) is 88.5 Å². The second-order valence-corrected chi connectivity index (χ2v) is 11.5. The Kier molecular flexibility index (Phi) is 7.88. The fourth-order valence-electron chi connectivity index (χ4n) is 6.21. The molecule has 1 heterocycles. The molecule has 2 aliphatic rings. The number of ether oxygens (including phenoxy) is 1. The number of nitrogens with zero attached hydrogens (tertiary/aromatic N) is 1. The Morgan fingerprint density at radius 1 is 0.925 bits per heavy atom. The Bertz CT molecular complexity index is 1380. The van der Waals surface area contributed by atoms with E-state index in [0.717, 1.165) is 53.5 Å². The Labute approximate surface area is 237 Å². The van der Waals surface area contributed by atoms with Gasteiger partial charge in [-0.2, -0.15) is 0 Å². The predicted molar refractivity (Wildman–Crippen MR) is 158 cm³/mol. The normalized spacial score (nSPS) is 19.7. The number of para-hydroxylation sites is 1. The number of phenolic OH excluding ortho intramolecular Hbond substituents is 1. The lowest BCUT2D eigenvalue weighted by Gasteiger charge is -2.42. The van der Waals surface area contributed by atoms with Crippen LogP contribution < -0.4 is 15.0 Å². The standard InChI is InChI=1S/C34H40N2O4/c1-22-23(2)31-28(24(3)30(22)37)20-21-34(4,40-31)33(39)36(27-18-12-7-13-19-27)29(25-14-8-5-9-15-25)32(38)35-26-16-10-6-11-17-26/h5,7-9,12-15,18-19,26,29,37H,6,10-11,16-17,20-21H2,1-4H3,(H,35,38). The zero-order valence-electron chi connectivity index (χ0n) is 24.0. The van der Waals surface area contributed by atoms with Crippen LogP contribution >= 0.6 is 0 Å². The number of aromatic hydroxyl groups is 1. The van der Waals surface area contributed by atoms with Crippen LogP contribution in [0.4, 0.5) is 5.69 Å². The number of fused-ring (bicyclic) bond motifs is 1. The Morgan fingerprint density at radius 3 is 2.20 bits per heavy atom. The van der Waals surface area contributed by atoms with Gasteiger partial charge in [-0.1, -0.05) is 67.8 Å². The summed E-state index contributed by atoms with van der Waals surface area (Å²) in [6.07, 6.45) is 6.31. The maximum atomic E-state index is 14.8. The third-order valence-electron chi connectivity index (χ3n) is 8.80. The third kappa shape index (κ3) is 5.19. The molecule has 3 aromatic rings. The Morgan fingerprint density at radius 2 is 1.55 bits per heavy atom. The predicted octanol–water partition coefficient (Wildman–Crippen LogP) is 6.62. The second kappa shape index (κ2) is 11.4. The molecule has 1 aliphatic heterocycles. The van der Waals surface area contributed by atoms with E-state index in [1.807, 2.05) is 88.4 Å². The summed E-state index contributed by atoms with van der Waals surface area (Å²) in [7, 11) is 0. The highest BCUT2D eigenvalue weighted by atomic mass is 16.5. The Hall–Kier alpha value is -3.80. The average molecular weight is 541 g/mol. The number of benzene rings is 3. The molecule has 0 spiro atoms. The molecule has 1 aliphatic carbocycles. The van der Waals surface area contributed by atoms with Gasteiger partial charge in [0.15, 0.2) is 5.60 Å². The minimum atomic E-state index is -1.21. The monoisotopic (exact) mass is 540 g/mol. The van der Waals surface area contributed by atoms with Crippen molar-refractivity contribution in [3.8, 4) is 11.5 Å². The van der Waals surface area contributed by atoms with E-state index in [1.54, 1.807) is 4.90 Å². The lowest BCUT2D eigenvalue weighted by Crippen LogP contribution is -2.56. The van der Waals surface area contributed by atoms with Crippen molar-refractivity contribution in [2.24, 2.45) is 0 Å². The molecule has 2 amide bonds. The van der Waals surface area contributed by atoms with Gasteiger partial charge in [-0.3, -0.25) is 14.5 Å². The van der Waals surface area contributed by atoms with Crippen LogP contribution in [0.15, 0.2) is 60.7 Å². The number of nitrogens with one attached hydrogen (secondary N) is 1. The largest absolute Gasteiger partial charge is 0.507 e. The van der Waals surface area contributed by atoms with Gasteiger partial charge in [-0.15, -0.1) is 0 Å². The first kappa shape index (κ1) is 27.8. The highest BCUT2D eigenvalue weighted by molar-refractivity contribution is 6.05. The number of phenols is 1. The van der Waals surface area contributed by atoms with Gasteiger partial charge in [-0.25, -0.2) is 0 Å². The van der Waals surface area contributed by atoms with Crippen molar-refractivity contribution in [2.45, 2.75) is 90.3 Å². The summed E-state index contributed by atoms with van der Waals surface area (Å²) >= 11 is 0. The highest BCUT2D eigenvalue weighted by Gasteiger charge is 2.47. The smallest absolute Gasteiger partial charge is 0.271 e. The fraction of sp³-hybridized carbons (Fsp3) is 0.412. The number of carbonyl (C=O) groups excluding carboxylic acids is 2. The number of anilines is 1. The number of hydrogen-bond donors (Lipinski definition) is 2. The van der Waals surface area contributed by atoms with Gasteiger partial charge in [-0.05, 0) is 81.3 Å². The fourth-order valence-corrected chi connectivity index (χ4v) is 6.21. The summed E-state index contributed by atoms with van der Waals surface area (Å²) in [5.41, 5.74) is 3.50. The molecule has 1 fully saturated rings. The van der Waals surface area contributed by atoms with Crippen molar-refractivity contribution in [1.82, 2.24) is 5.32 Å². The molecule has 2 N–H and O–H groups in total. The summed E-state index contributed by atoms with van der Waals surface area (Å²) in [6, 6.07) is 18.2. The molecule has 0 aromatic heterocycles. The van der Waals surface area contributed by atoms with Crippen LogP contribution in [0, 0.1) is 20.8 Å². The van der Waals surface area contributed by atoms with Gasteiger partial charge in [0, 0.05) is 23.7 Å². The van der Waals surface area contributed by atoms with Crippen LogP contribution in [-0.4, -0.2) is 28.6 Å². The number of carbonyl (C=O) groups is 2. The van der Waals surface area contributed by atoms with Crippen LogP contribution in [0.25, 0.3) is 0 Å². The zero-order valence-corrected chi connectivity index (χ0v) is 24.0. The van der Waals surface area contributed by atoms with Gasteiger partial charge in [0.2, 0.25) is 5.91 Å². The van der Waals surface area contributed by atoms with Crippen molar-refractivity contribution in [2.75, 3.05) is 4.90 Å². The summed E-state index contributed by atoms with van der Waals surface area (Å²) in [6.45, 7) is 7.51. The van der Waals surface area contributed by atoms with Crippen molar-refractivity contribution in [3.63, 3.8) is 0 Å². The zero-order chi connectivity index (χ0) is 28.4. The third-order valence-corrected chi connectivity index (χ3v) is 8.80. The van der Waals surface area contributed by atoms with Gasteiger partial charge >= 0.3 is 0 Å². The first-order valence-corrected chi connectivity index (χ1v) is 14.5. The van der Waals surface area contributed by atoms with E-state index in [-0.39, 0.29) is 23.6 Å². The van der Waals surface area contributed by atoms with Gasteiger partial charge in [0.1, 0.15) is 17.5 Å². The second-order valence-electron chi connectivity index (χ2n) is 11.5. The molecule has 2 unspecified atom stereocenters. The molecule has 210 valence electrons. The minimum absolute atomic E-state index is 0.106. The van der Waals surface area contributed by atoms with E-state index in [2.05, 4.69) is 5.32 Å². The van der Waals surface area contributed by atoms with Crippen LogP contribution in [0.1, 0.15) is 79.3 Å². The lowest BCUT2D eigenvalue weighted by atomic mass is 9.85. The maximum Gasteiger partial charge on any atom is 0.271 e. The van der Waals surface area contributed by atoms with Gasteiger partial charge in [0.25, 0.3) is 5.91 Å². The van der Waals surface area contributed by atoms with Crippen LogP contribution in [0.5, 0.6) is 11.5 Å². The Balaban J connectivity index is 1.58. The molecule has 3 aromatic carbocycles. The minimum Gasteiger partial charge on any atom is -0.507 e. The maximum absolute atomic E-state index is 14.8. The number of hydrogen-bond acceptors (Lipinski definition) is 4. The molecular formula is C34H40N2O4. The molecule has 0 radical (unpaired) electrons. The molecule has 1 saturated carbocycles. The van der Waals surface area contributed by atoms with Crippen LogP contribution in [-0.2, 0) is 16.0 Å². The van der Waals surface area contributed by atoms with E-state index in [9.17, 15) is 14.7 Å². The van der Waals surface area contributed by atoms with Crippen LogP contribution in [0.2, 0.25) is 0 Å². The number of rotatable bonds is 6. The first-order chi connectivity index (χ1) is 19.2. The van der Waals surface area contributed by atoms with E-state index >= 15 is 0 Å². The number of amides is 2. The average Bonchev–Trinajstić information content (AvgIpc) is 2.98. The molecule has 6 heteroatoms. The van der Waals surface area contributed by atoms with E-state index in [1.165, 1.54) is 6.42 Å². The van der Waals surface area contributed by atoms with Crippen molar-refractivity contribution < 1.29 is 19.4 Å². The van der Waals surface area contributed by atoms with Crippen molar-refractivity contribution in [1.29, 1.82) is 0 Å². The first-order valence-electron chi connectivity index (χ1n) is 14.5. The molecule has 0 bridgehead atoms. The highest BCUT2D eigenvalue weighted by Crippen LogP contribution is 2.44. The van der Waals surface area contributed by atoms with E-state index in [4.69, 9.17) is 4.74 Å². The summed E-state index contributed by atoms with van der Waals surface area (Å²) in [4.78, 5) is 30.5. The molecule has 0 saturated heterocycles. The van der Waals surface area contributed by atoms with Gasteiger partial charge in [0.05, 0.1) is 0 Å². The van der Waals surface area contributed by atoms with Gasteiger partial charge < -0.3 is 15.2 Å². The van der Waals surface area contributed by atoms with Crippen LogP contribution in [0.3, 0.4) is 0 Å². The summed E-state index contributed by atoms with van der Waals surface area (Å²) in [5.74, 6) is 0.498. The SMILES string of the molecule is Cc1c(C)c2c(c(C)c1O)CCC(C)(C(=O)N(c1ccccc1)C(C(=O)NC1CCCCC1)c1ccccc1)O2. The molecule has 6 nitrogen and oxygen atoms in total. The molecular weight excluding hydrogens is 500 g/mol. The topological polar surface area (TPSA) is 78.9 Å². The summed E-state index contributed by atoms with van der Waals surface area (Å²) < 4.78 is 6.61. The van der Waals surface area contributed by atoms with E-state index in [0.29, 0.717) is 24.3 Å². The van der Waals surface area contributed by atoms with Crippen molar-refractivity contribution >= 4 is 17.5 Å². The quantitative estimate of drug-likeness (QED) is 0.368. The molecule has 40 heavy (non-hydrogen) atoms. The molecule has 5 rings (SSSR count). The summed E-state index contributed by atoms with van der Waals surface area (Å²) in [5, 5.41) is 13.9. The van der Waals surface area contributed by atoms with E-state index < -0.39 is 11.6 Å². The lowest BCUT2D eigenvalue weighted by molar-refractivity contribution is -0.137. The molecule has 2 atom stereocenters.